The van der Waals surface area contributed by atoms with Crippen molar-refractivity contribution in [2.75, 3.05) is 32.4 Å². The van der Waals surface area contributed by atoms with Gasteiger partial charge in [0.15, 0.2) is 12.4 Å². The zero-order valence-corrected chi connectivity index (χ0v) is 16.5. The molecule has 0 radical (unpaired) electrons. The van der Waals surface area contributed by atoms with E-state index >= 15 is 0 Å². The Morgan fingerprint density at radius 1 is 1.19 bits per heavy atom. The molecular weight excluding hydrogens is 364 g/mol. The fourth-order valence-electron chi connectivity index (χ4n) is 2.01. The van der Waals surface area contributed by atoms with Gasteiger partial charge in [-0.1, -0.05) is 0 Å². The van der Waals surface area contributed by atoms with Crippen molar-refractivity contribution in [2.45, 2.75) is 25.5 Å². The Labute approximate surface area is 164 Å². The second kappa shape index (κ2) is 14.3. The first-order chi connectivity index (χ1) is 13.2. The Hall–Kier alpha value is -2.92. The standard InChI is InChI=1S/C16H26N10S/c1-13-14(26-12-25-13)9-27-8-7-22-16(24-11-18)21-6-4-3-5-20-15(19-2)23-10-17/h12H,3-9H2,1-2H3,(H,25,26)(H2,19,20,23)(H2,21,22,24). The lowest BCUT2D eigenvalue weighted by Crippen LogP contribution is -2.37. The van der Waals surface area contributed by atoms with Gasteiger partial charge in [-0.2, -0.15) is 22.3 Å². The second-order valence-electron chi connectivity index (χ2n) is 5.36. The van der Waals surface area contributed by atoms with Crippen LogP contribution in [0.2, 0.25) is 0 Å². The first-order valence-electron chi connectivity index (χ1n) is 8.57. The van der Waals surface area contributed by atoms with Gasteiger partial charge in [-0.25, -0.2) is 4.98 Å². The number of aromatic amines is 1. The van der Waals surface area contributed by atoms with Crippen molar-refractivity contribution in [3.63, 3.8) is 0 Å². The van der Waals surface area contributed by atoms with Crippen molar-refractivity contribution in [1.82, 2.24) is 31.2 Å². The first kappa shape index (κ1) is 22.1. The molecule has 10 nitrogen and oxygen atoms in total. The maximum Gasteiger partial charge on any atom is 0.204 e. The molecule has 11 heteroatoms. The number of nitrogens with one attached hydrogen (secondary N) is 5. The van der Waals surface area contributed by atoms with Crippen molar-refractivity contribution in [2.24, 2.45) is 9.98 Å². The number of H-pyrrole nitrogens is 1. The van der Waals surface area contributed by atoms with Crippen LogP contribution < -0.4 is 21.3 Å². The van der Waals surface area contributed by atoms with Crippen LogP contribution in [-0.2, 0) is 5.75 Å². The van der Waals surface area contributed by atoms with E-state index in [1.807, 2.05) is 19.3 Å². The van der Waals surface area contributed by atoms with E-state index in [9.17, 15) is 0 Å². The average Bonchev–Trinajstić information content (AvgIpc) is 3.08. The third-order valence-corrected chi connectivity index (χ3v) is 4.39. The summed E-state index contributed by atoms with van der Waals surface area (Å²) in [5.74, 6) is 2.64. The van der Waals surface area contributed by atoms with Crippen molar-refractivity contribution < 1.29 is 0 Å². The minimum Gasteiger partial charge on any atom is -0.356 e. The SMILES string of the molecule is C/N=C(/NC#N)NCCCCN/C(=N\CCSCc1nc[nH]c1C)NC#N. The van der Waals surface area contributed by atoms with Crippen LogP contribution in [0.15, 0.2) is 16.3 Å². The molecule has 27 heavy (non-hydrogen) atoms. The Bertz CT molecular complexity index is 682. The maximum atomic E-state index is 8.82. The summed E-state index contributed by atoms with van der Waals surface area (Å²) < 4.78 is 0. The number of imidazole rings is 1. The third-order valence-electron chi connectivity index (χ3n) is 3.44. The number of aromatic nitrogens is 2. The average molecular weight is 391 g/mol. The summed E-state index contributed by atoms with van der Waals surface area (Å²) in [7, 11) is 1.61. The highest BCUT2D eigenvalue weighted by molar-refractivity contribution is 7.98. The van der Waals surface area contributed by atoms with Gasteiger partial charge in [0, 0.05) is 37.3 Å². The molecule has 0 saturated heterocycles. The van der Waals surface area contributed by atoms with E-state index in [0.717, 1.165) is 35.7 Å². The second-order valence-corrected chi connectivity index (χ2v) is 6.47. The molecule has 0 atom stereocenters. The predicted molar refractivity (Wildman–Crippen MR) is 108 cm³/mol. The molecule has 146 valence electrons. The van der Waals surface area contributed by atoms with E-state index in [1.54, 1.807) is 25.1 Å². The van der Waals surface area contributed by atoms with Gasteiger partial charge in [-0.3, -0.25) is 20.6 Å². The Kier molecular flexibility index (Phi) is 11.7. The summed E-state index contributed by atoms with van der Waals surface area (Å²) in [6, 6.07) is 0. The van der Waals surface area contributed by atoms with Crippen LogP contribution in [0, 0.1) is 29.8 Å². The summed E-state index contributed by atoms with van der Waals surface area (Å²) in [6.45, 7) is 4.01. The number of nitriles is 2. The number of thioether (sulfide) groups is 1. The number of guanidine groups is 2. The van der Waals surface area contributed by atoms with E-state index in [2.05, 4.69) is 41.2 Å². The molecule has 1 aromatic heterocycles. The monoisotopic (exact) mass is 390 g/mol. The van der Waals surface area contributed by atoms with E-state index in [-0.39, 0.29) is 0 Å². The largest absolute Gasteiger partial charge is 0.356 e. The lowest BCUT2D eigenvalue weighted by molar-refractivity contribution is 0.680. The number of unbranched alkanes of at least 4 members (excludes halogenated alkanes) is 1. The van der Waals surface area contributed by atoms with Gasteiger partial charge >= 0.3 is 0 Å². The molecule has 0 unspecified atom stereocenters. The summed E-state index contributed by atoms with van der Waals surface area (Å²) in [4.78, 5) is 15.6. The highest BCUT2D eigenvalue weighted by atomic mass is 32.2. The molecule has 0 bridgehead atoms. The quantitative estimate of drug-likeness (QED) is 0.127. The van der Waals surface area contributed by atoms with Gasteiger partial charge in [0.2, 0.25) is 11.9 Å². The summed E-state index contributed by atoms with van der Waals surface area (Å²) >= 11 is 1.75. The third kappa shape index (κ3) is 9.97. The molecule has 0 aliphatic carbocycles. The van der Waals surface area contributed by atoms with Crippen LogP contribution in [0.1, 0.15) is 24.2 Å². The molecular formula is C16H26N10S. The van der Waals surface area contributed by atoms with Crippen molar-refractivity contribution >= 4 is 23.7 Å². The number of hydrogen-bond acceptors (Lipinski definition) is 6. The predicted octanol–water partition coefficient (Wildman–Crippen LogP) is 0.394. The number of aryl methyl sites for hydroxylation is 1. The Morgan fingerprint density at radius 2 is 1.85 bits per heavy atom. The van der Waals surface area contributed by atoms with E-state index in [1.165, 1.54) is 0 Å². The smallest absolute Gasteiger partial charge is 0.204 e. The van der Waals surface area contributed by atoms with Gasteiger partial charge in [-0.15, -0.1) is 0 Å². The molecule has 0 aromatic carbocycles. The zero-order valence-electron chi connectivity index (χ0n) is 15.7. The normalized spacial score (nSPS) is 11.4. The Balaban J connectivity index is 2.17. The molecule has 0 fully saturated rings. The highest BCUT2D eigenvalue weighted by Crippen LogP contribution is 2.11. The first-order valence-corrected chi connectivity index (χ1v) is 9.72. The van der Waals surface area contributed by atoms with Crippen LogP contribution in [0.3, 0.4) is 0 Å². The van der Waals surface area contributed by atoms with Crippen molar-refractivity contribution in [3.05, 3.63) is 17.7 Å². The molecule has 0 aliphatic rings. The molecule has 0 amide bonds. The highest BCUT2D eigenvalue weighted by Gasteiger charge is 2.01. The minimum atomic E-state index is 0.460. The van der Waals surface area contributed by atoms with Crippen molar-refractivity contribution in [3.8, 4) is 12.4 Å². The van der Waals surface area contributed by atoms with E-state index in [4.69, 9.17) is 10.5 Å². The van der Waals surface area contributed by atoms with Gasteiger partial charge in [0.1, 0.15) is 0 Å². The topological polar surface area (TPSA) is 149 Å². The maximum absolute atomic E-state index is 8.82. The molecule has 1 heterocycles. The van der Waals surface area contributed by atoms with Crippen LogP contribution >= 0.6 is 11.8 Å². The number of rotatable bonds is 10. The summed E-state index contributed by atoms with van der Waals surface area (Å²) in [5.41, 5.74) is 2.15. The lowest BCUT2D eigenvalue weighted by Gasteiger charge is -2.09. The van der Waals surface area contributed by atoms with Crippen LogP contribution in [0.4, 0.5) is 0 Å². The van der Waals surface area contributed by atoms with Crippen molar-refractivity contribution in [1.29, 1.82) is 10.5 Å². The van der Waals surface area contributed by atoms with Crippen LogP contribution in [0.5, 0.6) is 0 Å². The van der Waals surface area contributed by atoms with E-state index < -0.39 is 0 Å². The molecule has 0 saturated carbocycles. The summed E-state index contributed by atoms with van der Waals surface area (Å²) in [6.07, 6.45) is 7.19. The van der Waals surface area contributed by atoms with Crippen LogP contribution in [0.25, 0.3) is 0 Å². The molecule has 1 rings (SSSR count). The number of nitrogens with zero attached hydrogens (tertiary/aromatic N) is 5. The molecule has 0 aliphatic heterocycles. The Morgan fingerprint density at radius 3 is 2.44 bits per heavy atom. The molecule has 5 N–H and O–H groups in total. The van der Waals surface area contributed by atoms with Gasteiger partial charge in [-0.05, 0) is 19.8 Å². The summed E-state index contributed by atoms with van der Waals surface area (Å²) in [5, 5.41) is 28.5. The molecule has 1 aromatic rings. The van der Waals surface area contributed by atoms with E-state index in [0.29, 0.717) is 31.6 Å². The van der Waals surface area contributed by atoms with Gasteiger partial charge < -0.3 is 15.6 Å². The van der Waals surface area contributed by atoms with Crippen LogP contribution in [-0.4, -0.2) is 54.3 Å². The number of aliphatic imine (C=N–C) groups is 2. The number of hydrogen-bond donors (Lipinski definition) is 5. The zero-order chi connectivity index (χ0) is 19.7. The minimum absolute atomic E-state index is 0.460. The fourth-order valence-corrected chi connectivity index (χ4v) is 2.86. The van der Waals surface area contributed by atoms with Gasteiger partial charge in [0.05, 0.1) is 18.6 Å². The fraction of sp³-hybridized carbons (Fsp3) is 0.562. The lowest BCUT2D eigenvalue weighted by atomic mass is 10.3. The molecule has 0 spiro atoms. The van der Waals surface area contributed by atoms with Gasteiger partial charge in [0.25, 0.3) is 0 Å².